The van der Waals surface area contributed by atoms with E-state index in [1.54, 1.807) is 0 Å². The minimum Gasteiger partial charge on any atom is -0.368 e. The SMILES string of the molecule is O=C([C@@H]1CCCO1)N1CCCc2sccc2C1. The number of aryl methyl sites for hydroxylation is 1. The molecule has 1 amide bonds. The molecule has 1 aromatic heterocycles. The van der Waals surface area contributed by atoms with Gasteiger partial charge >= 0.3 is 0 Å². The van der Waals surface area contributed by atoms with Crippen molar-refractivity contribution in [2.75, 3.05) is 13.2 Å². The summed E-state index contributed by atoms with van der Waals surface area (Å²) in [5.41, 5.74) is 1.33. The molecule has 0 aromatic carbocycles. The molecule has 92 valence electrons. The highest BCUT2D eigenvalue weighted by molar-refractivity contribution is 7.10. The van der Waals surface area contributed by atoms with Crippen LogP contribution in [0.3, 0.4) is 0 Å². The number of fused-ring (bicyclic) bond motifs is 1. The third kappa shape index (κ3) is 2.24. The Bertz CT molecular complexity index is 409. The van der Waals surface area contributed by atoms with Gasteiger partial charge in [-0.2, -0.15) is 0 Å². The second-order valence-electron chi connectivity index (χ2n) is 4.73. The molecule has 0 unspecified atom stereocenters. The summed E-state index contributed by atoms with van der Waals surface area (Å²) in [7, 11) is 0. The van der Waals surface area contributed by atoms with Gasteiger partial charge in [-0.3, -0.25) is 4.79 Å². The summed E-state index contributed by atoms with van der Waals surface area (Å²) < 4.78 is 5.49. The molecule has 0 radical (unpaired) electrons. The van der Waals surface area contributed by atoms with E-state index in [1.807, 2.05) is 16.2 Å². The van der Waals surface area contributed by atoms with Crippen molar-refractivity contribution in [3.05, 3.63) is 21.9 Å². The van der Waals surface area contributed by atoms with Gasteiger partial charge < -0.3 is 9.64 Å². The highest BCUT2D eigenvalue weighted by Gasteiger charge is 2.29. The molecule has 0 N–H and O–H groups in total. The Morgan fingerprint density at radius 2 is 2.41 bits per heavy atom. The Morgan fingerprint density at radius 1 is 1.47 bits per heavy atom. The van der Waals surface area contributed by atoms with Crippen molar-refractivity contribution in [2.45, 2.75) is 38.3 Å². The van der Waals surface area contributed by atoms with E-state index in [0.717, 1.165) is 45.4 Å². The molecule has 3 nitrogen and oxygen atoms in total. The molecule has 3 heterocycles. The topological polar surface area (TPSA) is 29.5 Å². The molecule has 1 fully saturated rings. The number of hydrogen-bond donors (Lipinski definition) is 0. The number of thiophene rings is 1. The largest absolute Gasteiger partial charge is 0.368 e. The molecule has 2 aliphatic heterocycles. The fourth-order valence-corrected chi connectivity index (χ4v) is 3.55. The minimum absolute atomic E-state index is 0.171. The van der Waals surface area contributed by atoms with E-state index in [2.05, 4.69) is 11.4 Å². The molecule has 2 aliphatic rings. The van der Waals surface area contributed by atoms with E-state index in [1.165, 1.54) is 10.4 Å². The van der Waals surface area contributed by atoms with E-state index < -0.39 is 0 Å². The first-order valence-electron chi connectivity index (χ1n) is 6.30. The van der Waals surface area contributed by atoms with Crippen LogP contribution in [-0.4, -0.2) is 30.1 Å². The Kier molecular flexibility index (Phi) is 3.16. The number of carbonyl (C=O) groups is 1. The summed E-state index contributed by atoms with van der Waals surface area (Å²) in [6, 6.07) is 2.15. The Morgan fingerprint density at radius 3 is 3.24 bits per heavy atom. The first-order chi connectivity index (χ1) is 8.34. The van der Waals surface area contributed by atoms with Crippen molar-refractivity contribution in [3.63, 3.8) is 0 Å². The van der Waals surface area contributed by atoms with Crippen molar-refractivity contribution in [1.82, 2.24) is 4.90 Å². The highest BCUT2D eigenvalue weighted by atomic mass is 32.1. The standard InChI is InChI=1S/C13H17NO2S/c15-13(11-3-2-7-16-11)14-6-1-4-12-10(9-14)5-8-17-12/h5,8,11H,1-4,6-7,9H2/t11-/m0/s1. The van der Waals surface area contributed by atoms with E-state index in [4.69, 9.17) is 4.74 Å². The van der Waals surface area contributed by atoms with Gasteiger partial charge in [0.1, 0.15) is 6.10 Å². The second-order valence-corrected chi connectivity index (χ2v) is 5.73. The van der Waals surface area contributed by atoms with Gasteiger partial charge in [-0.25, -0.2) is 0 Å². The predicted molar refractivity (Wildman–Crippen MR) is 67.0 cm³/mol. The van der Waals surface area contributed by atoms with E-state index >= 15 is 0 Å². The fourth-order valence-electron chi connectivity index (χ4n) is 2.61. The number of amides is 1. The number of ether oxygens (including phenoxy) is 1. The molecular formula is C13H17NO2S. The highest BCUT2D eigenvalue weighted by Crippen LogP contribution is 2.25. The molecule has 1 aromatic rings. The molecule has 0 spiro atoms. The lowest BCUT2D eigenvalue weighted by atomic mass is 10.2. The zero-order valence-corrected chi connectivity index (χ0v) is 10.7. The summed E-state index contributed by atoms with van der Waals surface area (Å²) >= 11 is 1.82. The minimum atomic E-state index is -0.171. The summed E-state index contributed by atoms with van der Waals surface area (Å²) in [6.07, 6.45) is 3.93. The van der Waals surface area contributed by atoms with Crippen LogP contribution in [0.4, 0.5) is 0 Å². The van der Waals surface area contributed by atoms with Gasteiger partial charge in [-0.1, -0.05) is 0 Å². The lowest BCUT2D eigenvalue weighted by Crippen LogP contribution is -2.38. The average Bonchev–Trinajstić information content (AvgIpc) is 2.96. The zero-order chi connectivity index (χ0) is 11.7. The first kappa shape index (κ1) is 11.2. The van der Waals surface area contributed by atoms with Crippen molar-refractivity contribution < 1.29 is 9.53 Å². The van der Waals surface area contributed by atoms with Crippen LogP contribution in [-0.2, 0) is 22.5 Å². The monoisotopic (exact) mass is 251 g/mol. The summed E-state index contributed by atoms with van der Waals surface area (Å²) in [5.74, 6) is 0.196. The normalized spacial score (nSPS) is 24.5. The van der Waals surface area contributed by atoms with Gasteiger partial charge in [0.2, 0.25) is 0 Å². The number of hydrogen-bond acceptors (Lipinski definition) is 3. The van der Waals surface area contributed by atoms with Crippen molar-refractivity contribution in [3.8, 4) is 0 Å². The van der Waals surface area contributed by atoms with Crippen LogP contribution in [0.15, 0.2) is 11.4 Å². The fraction of sp³-hybridized carbons (Fsp3) is 0.615. The van der Waals surface area contributed by atoms with Gasteiger partial charge in [0.25, 0.3) is 5.91 Å². The van der Waals surface area contributed by atoms with Crippen molar-refractivity contribution >= 4 is 17.2 Å². The van der Waals surface area contributed by atoms with Crippen LogP contribution < -0.4 is 0 Å². The van der Waals surface area contributed by atoms with E-state index in [-0.39, 0.29) is 12.0 Å². The van der Waals surface area contributed by atoms with Crippen LogP contribution in [0.1, 0.15) is 29.7 Å². The van der Waals surface area contributed by atoms with E-state index in [9.17, 15) is 4.79 Å². The van der Waals surface area contributed by atoms with E-state index in [0.29, 0.717) is 0 Å². The van der Waals surface area contributed by atoms with Crippen molar-refractivity contribution in [2.24, 2.45) is 0 Å². The molecule has 0 aliphatic carbocycles. The molecule has 1 saturated heterocycles. The van der Waals surface area contributed by atoms with Gasteiger partial charge in [-0.15, -0.1) is 11.3 Å². The summed E-state index contributed by atoms with van der Waals surface area (Å²) in [5, 5.41) is 2.13. The average molecular weight is 251 g/mol. The quantitative estimate of drug-likeness (QED) is 0.766. The maximum atomic E-state index is 12.3. The number of carbonyl (C=O) groups excluding carboxylic acids is 1. The van der Waals surface area contributed by atoms with Gasteiger partial charge in [0, 0.05) is 24.6 Å². The van der Waals surface area contributed by atoms with Gasteiger partial charge in [0.15, 0.2) is 0 Å². The number of rotatable bonds is 1. The molecule has 4 heteroatoms. The van der Waals surface area contributed by atoms with Crippen LogP contribution in [0.25, 0.3) is 0 Å². The number of nitrogens with zero attached hydrogens (tertiary/aromatic N) is 1. The Hall–Kier alpha value is -0.870. The molecular weight excluding hydrogens is 234 g/mol. The maximum absolute atomic E-state index is 12.3. The van der Waals surface area contributed by atoms with Gasteiger partial charge in [-0.05, 0) is 42.7 Å². The van der Waals surface area contributed by atoms with Crippen LogP contribution in [0.5, 0.6) is 0 Å². The molecule has 0 saturated carbocycles. The summed E-state index contributed by atoms with van der Waals surface area (Å²) in [4.78, 5) is 15.7. The van der Waals surface area contributed by atoms with Crippen LogP contribution >= 0.6 is 11.3 Å². The predicted octanol–water partition coefficient (Wildman–Crippen LogP) is 2.20. The smallest absolute Gasteiger partial charge is 0.251 e. The maximum Gasteiger partial charge on any atom is 0.251 e. The third-order valence-corrected chi connectivity index (χ3v) is 4.57. The van der Waals surface area contributed by atoms with Gasteiger partial charge in [0.05, 0.1) is 0 Å². The molecule has 0 bridgehead atoms. The Balaban J connectivity index is 1.73. The molecule has 1 atom stereocenters. The van der Waals surface area contributed by atoms with Crippen LogP contribution in [0.2, 0.25) is 0 Å². The third-order valence-electron chi connectivity index (χ3n) is 3.55. The lowest BCUT2D eigenvalue weighted by molar-refractivity contribution is -0.141. The first-order valence-corrected chi connectivity index (χ1v) is 7.18. The lowest BCUT2D eigenvalue weighted by Gasteiger charge is -2.23. The second kappa shape index (κ2) is 4.78. The molecule has 3 rings (SSSR count). The Labute approximate surface area is 105 Å². The van der Waals surface area contributed by atoms with Crippen LogP contribution in [0, 0.1) is 0 Å². The molecule has 17 heavy (non-hydrogen) atoms. The zero-order valence-electron chi connectivity index (χ0n) is 9.85. The summed E-state index contributed by atoms with van der Waals surface area (Å²) in [6.45, 7) is 2.39. The van der Waals surface area contributed by atoms with Crippen molar-refractivity contribution in [1.29, 1.82) is 0 Å².